The predicted molar refractivity (Wildman–Crippen MR) is 72.7 cm³/mol. The van der Waals surface area contributed by atoms with E-state index in [1.807, 2.05) is 0 Å². The van der Waals surface area contributed by atoms with Gasteiger partial charge in [0.1, 0.15) is 0 Å². The second kappa shape index (κ2) is 5.30. The molecule has 1 aliphatic heterocycles. The molecule has 10 heteroatoms. The molecule has 0 aliphatic carbocycles. The number of hydrazone groups is 1. The van der Waals surface area contributed by atoms with Crippen LogP contribution in [0.4, 0.5) is 18.9 Å². The van der Waals surface area contributed by atoms with Gasteiger partial charge in [-0.15, -0.1) is 0 Å². The molecule has 0 aromatic heterocycles. The van der Waals surface area contributed by atoms with E-state index in [1.54, 1.807) is 0 Å². The van der Waals surface area contributed by atoms with Gasteiger partial charge in [0, 0.05) is 29.3 Å². The third-order valence-electron chi connectivity index (χ3n) is 3.42. The number of aryl methyl sites for hydroxylation is 1. The molecule has 2 rings (SSSR count). The van der Waals surface area contributed by atoms with Crippen LogP contribution < -0.4 is 0 Å². The van der Waals surface area contributed by atoms with Gasteiger partial charge in [0.2, 0.25) is 0 Å². The highest BCUT2D eigenvalue weighted by molar-refractivity contribution is 5.98. The topological polar surface area (TPSA) is 96.0 Å². The largest absolute Gasteiger partial charge is 0.438 e. The molecule has 1 aromatic rings. The van der Waals surface area contributed by atoms with Crippen molar-refractivity contribution in [1.82, 2.24) is 5.01 Å². The van der Waals surface area contributed by atoms with Crippen LogP contribution in [0.15, 0.2) is 23.3 Å². The molecule has 0 saturated heterocycles. The lowest BCUT2D eigenvalue weighted by atomic mass is 10.1. The number of hydrogen-bond donors (Lipinski definition) is 1. The second-order valence-corrected chi connectivity index (χ2v) is 5.20. The number of alkyl halides is 3. The molecule has 1 N–H and O–H groups in total. The number of nitro groups is 1. The van der Waals surface area contributed by atoms with Crippen LogP contribution in [-0.2, 0) is 0 Å². The summed E-state index contributed by atoms with van der Waals surface area (Å²) >= 11 is 0. The first kappa shape index (κ1) is 16.9. The van der Waals surface area contributed by atoms with Gasteiger partial charge in [-0.1, -0.05) is 6.07 Å². The summed E-state index contributed by atoms with van der Waals surface area (Å²) in [6.45, 7) is 2.66. The fourth-order valence-corrected chi connectivity index (χ4v) is 2.22. The second-order valence-electron chi connectivity index (χ2n) is 5.20. The van der Waals surface area contributed by atoms with E-state index in [0.29, 0.717) is 0 Å². The van der Waals surface area contributed by atoms with Crippen LogP contribution in [0.25, 0.3) is 0 Å². The molecule has 1 aromatic carbocycles. The highest BCUT2D eigenvalue weighted by Crippen LogP contribution is 2.41. The molecule has 1 aliphatic rings. The van der Waals surface area contributed by atoms with E-state index in [9.17, 15) is 33.2 Å². The lowest BCUT2D eigenvalue weighted by molar-refractivity contribution is -0.385. The van der Waals surface area contributed by atoms with Crippen molar-refractivity contribution < 1.29 is 28.0 Å². The summed E-state index contributed by atoms with van der Waals surface area (Å²) in [6, 6.07) is 3.24. The molecule has 124 valence electrons. The first-order valence-corrected chi connectivity index (χ1v) is 6.40. The zero-order valence-electron chi connectivity index (χ0n) is 12.1. The molecule has 0 radical (unpaired) electrons. The number of rotatable bonds is 2. The van der Waals surface area contributed by atoms with E-state index in [2.05, 4.69) is 5.10 Å². The zero-order chi connectivity index (χ0) is 17.6. The third-order valence-corrected chi connectivity index (χ3v) is 3.42. The number of amides is 1. The van der Waals surface area contributed by atoms with Gasteiger partial charge in [-0.3, -0.25) is 14.9 Å². The number of carbonyl (C=O) groups is 1. The lowest BCUT2D eigenvalue weighted by Gasteiger charge is -2.32. The maximum absolute atomic E-state index is 13.1. The van der Waals surface area contributed by atoms with Crippen molar-refractivity contribution in [3.05, 3.63) is 39.4 Å². The van der Waals surface area contributed by atoms with Gasteiger partial charge in [-0.05, 0) is 19.9 Å². The van der Waals surface area contributed by atoms with Gasteiger partial charge in [-0.25, -0.2) is 0 Å². The molecular formula is C13H12F3N3O4. The average molecular weight is 331 g/mol. The molecule has 23 heavy (non-hydrogen) atoms. The Balaban J connectivity index is 2.47. The molecule has 1 atom stereocenters. The van der Waals surface area contributed by atoms with E-state index < -0.39 is 34.8 Å². The van der Waals surface area contributed by atoms with Gasteiger partial charge in [0.25, 0.3) is 17.3 Å². The first-order valence-electron chi connectivity index (χ1n) is 6.40. The summed E-state index contributed by atoms with van der Waals surface area (Å²) in [6.07, 6.45) is -6.00. The van der Waals surface area contributed by atoms with Gasteiger partial charge in [0.05, 0.1) is 4.92 Å². The van der Waals surface area contributed by atoms with E-state index >= 15 is 0 Å². The predicted octanol–water partition coefficient (Wildman–Crippen LogP) is 2.38. The molecule has 7 nitrogen and oxygen atoms in total. The van der Waals surface area contributed by atoms with Crippen molar-refractivity contribution in [3.8, 4) is 0 Å². The monoisotopic (exact) mass is 331 g/mol. The smallest absolute Gasteiger partial charge is 0.362 e. The average Bonchev–Trinajstić information content (AvgIpc) is 2.74. The van der Waals surface area contributed by atoms with Gasteiger partial charge in [-0.2, -0.15) is 23.3 Å². The standard InChI is InChI=1S/C13H12F3N3O4/c1-7-3-4-9(5-10(7)19(22)23)11(20)18-12(21,13(14,15)16)6-8(2)17-18/h3-5,21H,6H2,1-2H3/t12-/m0/s1. The highest BCUT2D eigenvalue weighted by atomic mass is 19.4. The number of aliphatic hydroxyl groups is 1. The molecule has 0 unspecified atom stereocenters. The Morgan fingerprint density at radius 3 is 2.57 bits per heavy atom. The molecule has 0 fully saturated rings. The maximum Gasteiger partial charge on any atom is 0.438 e. The van der Waals surface area contributed by atoms with Crippen molar-refractivity contribution in [3.63, 3.8) is 0 Å². The summed E-state index contributed by atoms with van der Waals surface area (Å²) in [5.74, 6) is -1.27. The minimum absolute atomic E-state index is 0.0727. The van der Waals surface area contributed by atoms with Gasteiger partial charge in [0.15, 0.2) is 0 Å². The summed E-state index contributed by atoms with van der Waals surface area (Å²) in [4.78, 5) is 22.4. The van der Waals surface area contributed by atoms with Crippen molar-refractivity contribution >= 4 is 17.3 Å². The number of nitrogens with zero attached hydrogens (tertiary/aromatic N) is 3. The quantitative estimate of drug-likeness (QED) is 0.665. The highest BCUT2D eigenvalue weighted by Gasteiger charge is 2.62. The number of nitro benzene ring substituents is 1. The van der Waals surface area contributed by atoms with E-state index in [0.717, 1.165) is 12.1 Å². The summed E-state index contributed by atoms with van der Waals surface area (Å²) in [7, 11) is 0. The Hall–Kier alpha value is -2.49. The van der Waals surface area contributed by atoms with Crippen molar-refractivity contribution in [2.75, 3.05) is 0 Å². The van der Waals surface area contributed by atoms with E-state index in [-0.39, 0.29) is 21.8 Å². The summed E-state index contributed by atoms with van der Waals surface area (Å²) < 4.78 is 39.3. The van der Waals surface area contributed by atoms with Crippen molar-refractivity contribution in [2.45, 2.75) is 32.2 Å². The van der Waals surface area contributed by atoms with Gasteiger partial charge >= 0.3 is 6.18 Å². The number of hydrogen-bond acceptors (Lipinski definition) is 5. The Morgan fingerprint density at radius 2 is 2.04 bits per heavy atom. The normalized spacial score (nSPS) is 21.3. The SMILES string of the molecule is CC1=NN(C(=O)c2ccc(C)c([N+](=O)[O-])c2)[C@@](O)(C(F)(F)F)C1. The Bertz CT molecular complexity index is 717. The number of benzene rings is 1. The molecule has 0 saturated carbocycles. The van der Waals surface area contributed by atoms with Crippen LogP contribution in [0.1, 0.15) is 29.3 Å². The summed E-state index contributed by atoms with van der Waals surface area (Å²) in [5, 5.41) is 24.1. The third kappa shape index (κ3) is 2.77. The molecular weight excluding hydrogens is 319 g/mol. The van der Waals surface area contributed by atoms with Gasteiger partial charge < -0.3 is 5.11 Å². The Labute approximate surface area is 128 Å². The first-order chi connectivity index (χ1) is 10.5. The van der Waals surface area contributed by atoms with E-state index in [1.165, 1.54) is 19.9 Å². The fourth-order valence-electron chi connectivity index (χ4n) is 2.22. The van der Waals surface area contributed by atoms with Crippen LogP contribution in [0.3, 0.4) is 0 Å². The van der Waals surface area contributed by atoms with Crippen LogP contribution in [0.5, 0.6) is 0 Å². The minimum Gasteiger partial charge on any atom is -0.362 e. The zero-order valence-corrected chi connectivity index (χ0v) is 12.1. The summed E-state index contributed by atoms with van der Waals surface area (Å²) in [5.41, 5.74) is -4.08. The Kier molecular flexibility index (Phi) is 3.89. The minimum atomic E-state index is -5.12. The number of halogens is 3. The molecule has 1 amide bonds. The van der Waals surface area contributed by atoms with Crippen LogP contribution >= 0.6 is 0 Å². The van der Waals surface area contributed by atoms with Crippen molar-refractivity contribution in [2.24, 2.45) is 5.10 Å². The maximum atomic E-state index is 13.1. The Morgan fingerprint density at radius 1 is 1.43 bits per heavy atom. The lowest BCUT2D eigenvalue weighted by Crippen LogP contribution is -2.56. The molecule has 0 spiro atoms. The molecule has 1 heterocycles. The van der Waals surface area contributed by atoms with Crippen LogP contribution in [0, 0.1) is 17.0 Å². The molecule has 0 bridgehead atoms. The fraction of sp³-hybridized carbons (Fsp3) is 0.385. The van der Waals surface area contributed by atoms with E-state index in [4.69, 9.17) is 0 Å². The van der Waals surface area contributed by atoms with Crippen LogP contribution in [0.2, 0.25) is 0 Å². The van der Waals surface area contributed by atoms with Crippen LogP contribution in [-0.4, -0.2) is 38.6 Å². The number of carbonyl (C=O) groups excluding carboxylic acids is 1. The van der Waals surface area contributed by atoms with Crippen molar-refractivity contribution in [1.29, 1.82) is 0 Å².